The normalized spacial score (nSPS) is 10.2. The van der Waals surface area contributed by atoms with Crippen molar-refractivity contribution in [2.45, 2.75) is 6.42 Å². The van der Waals surface area contributed by atoms with Crippen molar-refractivity contribution in [1.82, 2.24) is 0 Å². The molecule has 4 heteroatoms. The molecule has 5 N–H and O–H groups in total. The highest BCUT2D eigenvalue weighted by Gasteiger charge is 2.06. The third kappa shape index (κ3) is 2.60. The lowest BCUT2D eigenvalue weighted by Gasteiger charge is -2.08. The first kappa shape index (κ1) is 12.0. The summed E-state index contributed by atoms with van der Waals surface area (Å²) in [6.07, 6.45) is -0.0264. The molecule has 2 aromatic rings. The van der Waals surface area contributed by atoms with Crippen LogP contribution in [0.5, 0.6) is 0 Å². The van der Waals surface area contributed by atoms with Gasteiger partial charge in [-0.05, 0) is 29.3 Å². The van der Waals surface area contributed by atoms with Gasteiger partial charge in [0.2, 0.25) is 0 Å². The molecule has 92 valence electrons. The van der Waals surface area contributed by atoms with Crippen molar-refractivity contribution < 1.29 is 9.90 Å². The quantitative estimate of drug-likeness (QED) is 0.719. The van der Waals surface area contributed by atoms with E-state index in [1.807, 2.05) is 24.3 Å². The predicted molar refractivity (Wildman–Crippen MR) is 72.0 cm³/mol. The van der Waals surface area contributed by atoms with Crippen LogP contribution in [0.3, 0.4) is 0 Å². The molecule has 4 nitrogen and oxygen atoms in total. The maximum Gasteiger partial charge on any atom is 0.307 e. The van der Waals surface area contributed by atoms with Gasteiger partial charge in [-0.2, -0.15) is 0 Å². The molecule has 0 unspecified atom stereocenters. The van der Waals surface area contributed by atoms with Gasteiger partial charge in [-0.3, -0.25) is 4.79 Å². The van der Waals surface area contributed by atoms with Gasteiger partial charge in [0, 0.05) is 16.9 Å². The molecule has 0 spiro atoms. The molecule has 0 bridgehead atoms. The Labute approximate surface area is 105 Å². The average Bonchev–Trinajstić information content (AvgIpc) is 2.28. The number of benzene rings is 2. The minimum Gasteiger partial charge on any atom is -0.481 e. The summed E-state index contributed by atoms with van der Waals surface area (Å²) < 4.78 is 0. The maximum absolute atomic E-state index is 10.6. The van der Waals surface area contributed by atoms with Crippen molar-refractivity contribution in [2.24, 2.45) is 0 Å². The van der Waals surface area contributed by atoms with E-state index in [-0.39, 0.29) is 6.42 Å². The zero-order valence-electron chi connectivity index (χ0n) is 9.76. The summed E-state index contributed by atoms with van der Waals surface area (Å²) in [6, 6.07) is 12.7. The van der Waals surface area contributed by atoms with Crippen LogP contribution in [-0.4, -0.2) is 11.1 Å². The first-order chi connectivity index (χ1) is 8.56. The lowest BCUT2D eigenvalue weighted by molar-refractivity contribution is -0.136. The predicted octanol–water partition coefficient (Wildman–Crippen LogP) is 2.15. The summed E-state index contributed by atoms with van der Waals surface area (Å²) >= 11 is 0. The van der Waals surface area contributed by atoms with Crippen LogP contribution in [0.25, 0.3) is 11.1 Å². The van der Waals surface area contributed by atoms with Gasteiger partial charge in [0.1, 0.15) is 0 Å². The van der Waals surface area contributed by atoms with E-state index in [4.69, 9.17) is 16.6 Å². The molecule has 2 rings (SSSR count). The maximum atomic E-state index is 10.6. The summed E-state index contributed by atoms with van der Waals surface area (Å²) in [7, 11) is 0. The lowest BCUT2D eigenvalue weighted by atomic mass is 10.0. The number of anilines is 2. The third-order valence-electron chi connectivity index (χ3n) is 2.67. The molecule has 0 saturated carbocycles. The van der Waals surface area contributed by atoms with Crippen LogP contribution < -0.4 is 11.5 Å². The van der Waals surface area contributed by atoms with Crippen LogP contribution in [-0.2, 0) is 11.2 Å². The molecule has 0 atom stereocenters. The minimum atomic E-state index is -0.869. The SMILES string of the molecule is Nc1cccc(-c2ccc(CC(=O)O)cc2N)c1. The van der Waals surface area contributed by atoms with Gasteiger partial charge in [-0.25, -0.2) is 0 Å². The minimum absolute atomic E-state index is 0.0264. The molecule has 0 saturated heterocycles. The Bertz CT molecular complexity index is 594. The Morgan fingerprint density at radius 1 is 1.11 bits per heavy atom. The van der Waals surface area contributed by atoms with Crippen LogP contribution in [0.1, 0.15) is 5.56 Å². The summed E-state index contributed by atoms with van der Waals surface area (Å²) in [6.45, 7) is 0. The fourth-order valence-corrected chi connectivity index (χ4v) is 1.87. The number of hydrogen-bond donors (Lipinski definition) is 3. The molecular formula is C14H14N2O2. The summed E-state index contributed by atoms with van der Waals surface area (Å²) in [5.41, 5.74) is 15.4. The summed E-state index contributed by atoms with van der Waals surface area (Å²) in [4.78, 5) is 10.6. The van der Waals surface area contributed by atoms with Gasteiger partial charge in [0.15, 0.2) is 0 Å². The molecular weight excluding hydrogens is 228 g/mol. The van der Waals surface area contributed by atoms with Gasteiger partial charge in [0.25, 0.3) is 0 Å². The number of nitrogen functional groups attached to an aromatic ring is 2. The lowest BCUT2D eigenvalue weighted by Crippen LogP contribution is -2.01. The zero-order valence-corrected chi connectivity index (χ0v) is 9.76. The number of nitrogens with two attached hydrogens (primary N) is 2. The van der Waals surface area contributed by atoms with E-state index >= 15 is 0 Å². The second-order valence-corrected chi connectivity index (χ2v) is 4.12. The standard InChI is InChI=1S/C14H14N2O2/c15-11-3-1-2-10(8-11)12-5-4-9(6-13(12)16)7-14(17)18/h1-6,8H,7,15-16H2,(H,17,18). The van der Waals surface area contributed by atoms with Crippen LogP contribution in [0, 0.1) is 0 Å². The van der Waals surface area contributed by atoms with E-state index in [0.29, 0.717) is 16.9 Å². The Morgan fingerprint density at radius 2 is 1.89 bits per heavy atom. The molecule has 0 radical (unpaired) electrons. The summed E-state index contributed by atoms with van der Waals surface area (Å²) in [5.74, 6) is -0.869. The molecule has 0 aromatic heterocycles. The molecule has 0 aliphatic heterocycles. The highest BCUT2D eigenvalue weighted by atomic mass is 16.4. The Balaban J connectivity index is 2.38. The number of carboxylic acids is 1. The van der Waals surface area contributed by atoms with Crippen molar-refractivity contribution in [2.75, 3.05) is 11.5 Å². The molecule has 2 aromatic carbocycles. The van der Waals surface area contributed by atoms with E-state index in [1.54, 1.807) is 18.2 Å². The Hall–Kier alpha value is -2.49. The third-order valence-corrected chi connectivity index (χ3v) is 2.67. The first-order valence-electron chi connectivity index (χ1n) is 5.52. The topological polar surface area (TPSA) is 89.3 Å². The zero-order chi connectivity index (χ0) is 13.1. The molecule has 0 fully saturated rings. The summed E-state index contributed by atoms with van der Waals surface area (Å²) in [5, 5.41) is 8.72. The van der Waals surface area contributed by atoms with E-state index in [9.17, 15) is 4.79 Å². The van der Waals surface area contributed by atoms with Crippen molar-refractivity contribution in [3.05, 3.63) is 48.0 Å². The average molecular weight is 242 g/mol. The number of rotatable bonds is 3. The van der Waals surface area contributed by atoms with Crippen LogP contribution in [0.4, 0.5) is 11.4 Å². The Morgan fingerprint density at radius 3 is 2.50 bits per heavy atom. The molecule has 18 heavy (non-hydrogen) atoms. The van der Waals surface area contributed by atoms with Gasteiger partial charge >= 0.3 is 5.97 Å². The van der Waals surface area contributed by atoms with Crippen molar-refractivity contribution >= 4 is 17.3 Å². The fourth-order valence-electron chi connectivity index (χ4n) is 1.87. The van der Waals surface area contributed by atoms with Crippen LogP contribution in [0.15, 0.2) is 42.5 Å². The fraction of sp³-hybridized carbons (Fsp3) is 0.0714. The van der Waals surface area contributed by atoms with E-state index in [0.717, 1.165) is 11.1 Å². The largest absolute Gasteiger partial charge is 0.481 e. The molecule has 0 aliphatic rings. The smallest absolute Gasteiger partial charge is 0.307 e. The highest BCUT2D eigenvalue weighted by Crippen LogP contribution is 2.28. The number of hydrogen-bond acceptors (Lipinski definition) is 3. The van der Waals surface area contributed by atoms with Crippen molar-refractivity contribution in [3.8, 4) is 11.1 Å². The van der Waals surface area contributed by atoms with Crippen molar-refractivity contribution in [1.29, 1.82) is 0 Å². The van der Waals surface area contributed by atoms with E-state index in [1.165, 1.54) is 0 Å². The number of carboxylic acid groups (broad SMARTS) is 1. The first-order valence-corrected chi connectivity index (χ1v) is 5.52. The van der Waals surface area contributed by atoms with E-state index < -0.39 is 5.97 Å². The molecule has 0 amide bonds. The second kappa shape index (κ2) is 4.79. The van der Waals surface area contributed by atoms with Gasteiger partial charge < -0.3 is 16.6 Å². The second-order valence-electron chi connectivity index (χ2n) is 4.12. The highest BCUT2D eigenvalue weighted by molar-refractivity contribution is 5.79. The van der Waals surface area contributed by atoms with Crippen LogP contribution >= 0.6 is 0 Å². The van der Waals surface area contributed by atoms with Crippen molar-refractivity contribution in [3.63, 3.8) is 0 Å². The monoisotopic (exact) mass is 242 g/mol. The van der Waals surface area contributed by atoms with Gasteiger partial charge in [-0.1, -0.05) is 24.3 Å². The number of carbonyl (C=O) groups is 1. The number of aliphatic carboxylic acids is 1. The van der Waals surface area contributed by atoms with Gasteiger partial charge in [-0.15, -0.1) is 0 Å². The Kier molecular flexibility index (Phi) is 3.19. The molecule has 0 heterocycles. The molecule has 0 aliphatic carbocycles. The van der Waals surface area contributed by atoms with E-state index in [2.05, 4.69) is 0 Å². The van der Waals surface area contributed by atoms with Gasteiger partial charge in [0.05, 0.1) is 6.42 Å². The van der Waals surface area contributed by atoms with Crippen LogP contribution in [0.2, 0.25) is 0 Å².